The lowest BCUT2D eigenvalue weighted by Crippen LogP contribution is -2.30. The summed E-state index contributed by atoms with van der Waals surface area (Å²) in [6.45, 7) is 1.47. The van der Waals surface area contributed by atoms with E-state index in [1.807, 2.05) is 42.5 Å². The standard InChI is InChI=1S/C21H16F3NO2/c1-13(21(26)25-18-12-11-17(22)19(23)20(18)24)27-16-9-7-15(8-10-16)14-5-3-2-4-6-14/h2-13H,1H3,(H,25,26)/t13-/m0/s1. The largest absolute Gasteiger partial charge is 0.481 e. The van der Waals surface area contributed by atoms with E-state index in [0.717, 1.165) is 23.3 Å². The van der Waals surface area contributed by atoms with Crippen molar-refractivity contribution >= 4 is 11.6 Å². The van der Waals surface area contributed by atoms with Crippen LogP contribution in [-0.4, -0.2) is 12.0 Å². The summed E-state index contributed by atoms with van der Waals surface area (Å²) in [5.74, 6) is -4.66. The van der Waals surface area contributed by atoms with Crippen LogP contribution in [0.5, 0.6) is 5.75 Å². The van der Waals surface area contributed by atoms with Gasteiger partial charge in [0.2, 0.25) is 0 Å². The van der Waals surface area contributed by atoms with Crippen molar-refractivity contribution in [1.29, 1.82) is 0 Å². The third-order valence-electron chi connectivity index (χ3n) is 3.94. The zero-order valence-electron chi connectivity index (χ0n) is 14.4. The molecule has 0 saturated carbocycles. The molecule has 0 radical (unpaired) electrons. The molecule has 27 heavy (non-hydrogen) atoms. The molecule has 0 bridgehead atoms. The third kappa shape index (κ3) is 4.28. The van der Waals surface area contributed by atoms with Gasteiger partial charge in [-0.3, -0.25) is 4.79 Å². The van der Waals surface area contributed by atoms with Crippen molar-refractivity contribution in [3.63, 3.8) is 0 Å². The number of nitrogens with one attached hydrogen (secondary N) is 1. The van der Waals surface area contributed by atoms with E-state index in [2.05, 4.69) is 5.32 Å². The number of anilines is 1. The molecule has 6 heteroatoms. The van der Waals surface area contributed by atoms with E-state index in [0.29, 0.717) is 5.75 Å². The number of hydrogen-bond donors (Lipinski definition) is 1. The van der Waals surface area contributed by atoms with Crippen molar-refractivity contribution in [1.82, 2.24) is 0 Å². The van der Waals surface area contributed by atoms with E-state index in [4.69, 9.17) is 4.74 Å². The fraction of sp³-hybridized carbons (Fsp3) is 0.0952. The first-order chi connectivity index (χ1) is 13.0. The molecule has 0 unspecified atom stereocenters. The lowest BCUT2D eigenvalue weighted by molar-refractivity contribution is -0.122. The van der Waals surface area contributed by atoms with E-state index in [1.54, 1.807) is 12.1 Å². The van der Waals surface area contributed by atoms with Gasteiger partial charge in [-0.05, 0) is 42.3 Å². The fourth-order valence-electron chi connectivity index (χ4n) is 2.47. The highest BCUT2D eigenvalue weighted by Gasteiger charge is 2.19. The molecule has 1 atom stereocenters. The Morgan fingerprint density at radius 3 is 2.15 bits per heavy atom. The summed E-state index contributed by atoms with van der Waals surface area (Å²) in [5, 5.41) is 2.19. The first-order valence-electron chi connectivity index (χ1n) is 8.22. The lowest BCUT2D eigenvalue weighted by Gasteiger charge is -2.15. The maximum Gasteiger partial charge on any atom is 0.265 e. The van der Waals surface area contributed by atoms with Gasteiger partial charge in [-0.15, -0.1) is 0 Å². The van der Waals surface area contributed by atoms with Crippen molar-refractivity contribution in [2.24, 2.45) is 0 Å². The molecule has 1 N–H and O–H groups in total. The quantitative estimate of drug-likeness (QED) is 0.628. The number of hydrogen-bond acceptors (Lipinski definition) is 2. The van der Waals surface area contributed by atoms with Crippen LogP contribution < -0.4 is 10.1 Å². The second-order valence-corrected chi connectivity index (χ2v) is 5.86. The molecule has 1 amide bonds. The summed E-state index contributed by atoms with van der Waals surface area (Å²) < 4.78 is 45.4. The summed E-state index contributed by atoms with van der Waals surface area (Å²) in [6.07, 6.45) is -0.972. The first-order valence-corrected chi connectivity index (χ1v) is 8.22. The number of carbonyl (C=O) groups excluding carboxylic acids is 1. The summed E-state index contributed by atoms with van der Waals surface area (Å²) in [5.41, 5.74) is 1.58. The molecule has 0 saturated heterocycles. The molecule has 0 aliphatic carbocycles. The SMILES string of the molecule is C[C@H](Oc1ccc(-c2ccccc2)cc1)C(=O)Nc1ccc(F)c(F)c1F. The van der Waals surface area contributed by atoms with Crippen LogP contribution >= 0.6 is 0 Å². The minimum atomic E-state index is -1.64. The molecule has 0 spiro atoms. The van der Waals surface area contributed by atoms with E-state index in [-0.39, 0.29) is 0 Å². The topological polar surface area (TPSA) is 38.3 Å². The van der Waals surface area contributed by atoms with Gasteiger partial charge in [0.25, 0.3) is 5.91 Å². The highest BCUT2D eigenvalue weighted by atomic mass is 19.2. The number of halogens is 3. The zero-order valence-corrected chi connectivity index (χ0v) is 14.4. The maximum absolute atomic E-state index is 13.6. The second-order valence-electron chi connectivity index (χ2n) is 5.86. The second kappa shape index (κ2) is 7.95. The number of rotatable bonds is 5. The minimum Gasteiger partial charge on any atom is -0.481 e. The van der Waals surface area contributed by atoms with Crippen molar-refractivity contribution < 1.29 is 22.7 Å². The Hall–Kier alpha value is -3.28. The van der Waals surface area contributed by atoms with Crippen LogP contribution in [0.4, 0.5) is 18.9 Å². The fourth-order valence-corrected chi connectivity index (χ4v) is 2.47. The van der Waals surface area contributed by atoms with Crippen LogP contribution in [0.1, 0.15) is 6.92 Å². The highest BCUT2D eigenvalue weighted by Crippen LogP contribution is 2.23. The number of amides is 1. The molecule has 0 fully saturated rings. The van der Waals surface area contributed by atoms with Gasteiger partial charge in [0.15, 0.2) is 23.6 Å². The number of carbonyl (C=O) groups is 1. The smallest absolute Gasteiger partial charge is 0.265 e. The van der Waals surface area contributed by atoms with Gasteiger partial charge in [-0.2, -0.15) is 0 Å². The Morgan fingerprint density at radius 2 is 1.48 bits per heavy atom. The van der Waals surface area contributed by atoms with Crippen molar-refractivity contribution in [2.75, 3.05) is 5.32 Å². The van der Waals surface area contributed by atoms with Crippen LogP contribution in [-0.2, 0) is 4.79 Å². The van der Waals surface area contributed by atoms with Crippen LogP contribution in [0.15, 0.2) is 66.7 Å². The summed E-state index contributed by atoms with van der Waals surface area (Å²) in [7, 11) is 0. The Balaban J connectivity index is 1.65. The van der Waals surface area contributed by atoms with Crippen molar-refractivity contribution in [3.05, 3.63) is 84.2 Å². The highest BCUT2D eigenvalue weighted by molar-refractivity contribution is 5.94. The molecule has 0 aliphatic rings. The summed E-state index contributed by atoms with van der Waals surface area (Å²) in [6, 6.07) is 18.6. The van der Waals surface area contributed by atoms with Gasteiger partial charge >= 0.3 is 0 Å². The Morgan fingerprint density at radius 1 is 0.852 bits per heavy atom. The van der Waals surface area contributed by atoms with Gasteiger partial charge < -0.3 is 10.1 Å². The van der Waals surface area contributed by atoms with Crippen LogP contribution in [0, 0.1) is 17.5 Å². The molecule has 3 aromatic rings. The summed E-state index contributed by atoms with van der Waals surface area (Å²) >= 11 is 0. The predicted octanol–water partition coefficient (Wildman–Crippen LogP) is 5.18. The predicted molar refractivity (Wildman–Crippen MR) is 96.9 cm³/mol. The Bertz CT molecular complexity index is 944. The molecular formula is C21H16F3NO2. The van der Waals surface area contributed by atoms with E-state index in [9.17, 15) is 18.0 Å². The minimum absolute atomic E-state index is 0.447. The molecule has 0 aromatic heterocycles. The average Bonchev–Trinajstić information content (AvgIpc) is 2.69. The molecular weight excluding hydrogens is 355 g/mol. The van der Waals surface area contributed by atoms with Gasteiger partial charge in [0.05, 0.1) is 5.69 Å². The molecule has 0 heterocycles. The zero-order chi connectivity index (χ0) is 19.4. The van der Waals surface area contributed by atoms with E-state index < -0.39 is 35.2 Å². The van der Waals surface area contributed by atoms with E-state index >= 15 is 0 Å². The average molecular weight is 371 g/mol. The van der Waals surface area contributed by atoms with Crippen LogP contribution in [0.3, 0.4) is 0 Å². The molecule has 3 aromatic carbocycles. The summed E-state index contributed by atoms with van der Waals surface area (Å²) in [4.78, 5) is 12.1. The maximum atomic E-state index is 13.6. The van der Waals surface area contributed by atoms with E-state index in [1.165, 1.54) is 6.92 Å². The molecule has 3 nitrogen and oxygen atoms in total. The molecule has 138 valence electrons. The Kier molecular flexibility index (Phi) is 5.45. The van der Waals surface area contributed by atoms with Gasteiger partial charge in [-0.1, -0.05) is 42.5 Å². The van der Waals surface area contributed by atoms with Crippen molar-refractivity contribution in [3.8, 4) is 16.9 Å². The normalized spacial score (nSPS) is 11.7. The molecule has 0 aliphatic heterocycles. The van der Waals surface area contributed by atoms with Crippen LogP contribution in [0.2, 0.25) is 0 Å². The third-order valence-corrected chi connectivity index (χ3v) is 3.94. The van der Waals surface area contributed by atoms with Gasteiger partial charge in [0, 0.05) is 0 Å². The number of benzene rings is 3. The molecule has 3 rings (SSSR count). The van der Waals surface area contributed by atoms with Crippen LogP contribution in [0.25, 0.3) is 11.1 Å². The van der Waals surface area contributed by atoms with Gasteiger partial charge in [0.1, 0.15) is 5.75 Å². The van der Waals surface area contributed by atoms with Crippen molar-refractivity contribution in [2.45, 2.75) is 13.0 Å². The Labute approximate surface area is 154 Å². The number of ether oxygens (including phenoxy) is 1. The lowest BCUT2D eigenvalue weighted by atomic mass is 10.1. The van der Waals surface area contributed by atoms with Gasteiger partial charge in [-0.25, -0.2) is 13.2 Å². The monoisotopic (exact) mass is 371 g/mol. The first kappa shape index (κ1) is 18.5.